The van der Waals surface area contributed by atoms with Gasteiger partial charge in [0.05, 0.1) is 5.69 Å². The van der Waals surface area contributed by atoms with Crippen LogP contribution in [0.25, 0.3) is 10.8 Å². The van der Waals surface area contributed by atoms with Crippen molar-refractivity contribution in [2.45, 2.75) is 9.79 Å². The first-order valence-corrected chi connectivity index (χ1v) is 7.59. The molecule has 2 radical (unpaired) electrons. The molecule has 0 unspecified atom stereocenters. The Labute approximate surface area is 109 Å². The molecule has 4 N–H and O–H groups in total. The van der Waals surface area contributed by atoms with Gasteiger partial charge in [-0.25, -0.2) is 0 Å². The second-order valence-corrected chi connectivity index (χ2v) is 6.47. The van der Waals surface area contributed by atoms with Crippen LogP contribution >= 0.6 is 0 Å². The van der Waals surface area contributed by atoms with Gasteiger partial charge in [0.1, 0.15) is 9.79 Å². The van der Waals surface area contributed by atoms with E-state index in [2.05, 4.69) is 12.1 Å². The second kappa shape index (κ2) is 4.17. The lowest BCUT2D eigenvalue weighted by Gasteiger charge is -2.06. The van der Waals surface area contributed by atoms with E-state index in [0.29, 0.717) is 0 Å². The molecule has 0 bridgehead atoms. The number of benzene rings is 2. The molecule has 7 nitrogen and oxygen atoms in total. The van der Waals surface area contributed by atoms with Gasteiger partial charge in [-0.3, -0.25) is 9.11 Å². The van der Waals surface area contributed by atoms with Crippen molar-refractivity contribution in [2.24, 2.45) is 0 Å². The van der Waals surface area contributed by atoms with E-state index in [-0.39, 0.29) is 16.5 Å². The maximum absolute atomic E-state index is 11.1. The fourth-order valence-corrected chi connectivity index (χ4v) is 2.60. The van der Waals surface area contributed by atoms with Crippen molar-refractivity contribution in [1.29, 1.82) is 0 Å². The van der Waals surface area contributed by atoms with Crippen molar-refractivity contribution in [1.82, 2.24) is 0 Å². The first kappa shape index (κ1) is 13.7. The first-order chi connectivity index (χ1) is 8.59. The Morgan fingerprint density at radius 3 is 2.11 bits per heavy atom. The van der Waals surface area contributed by atoms with Crippen molar-refractivity contribution in [3.8, 4) is 0 Å². The van der Waals surface area contributed by atoms with E-state index >= 15 is 0 Å². The number of nitrogens with two attached hydrogens (primary N) is 1. The summed E-state index contributed by atoms with van der Waals surface area (Å²) in [6.45, 7) is 0. The maximum Gasteiger partial charge on any atom is 0.296 e. The summed E-state index contributed by atoms with van der Waals surface area (Å²) in [5.41, 5.74) is 5.25. The molecule has 0 spiro atoms. The molecule has 0 aliphatic rings. The smallest absolute Gasteiger partial charge is 0.296 e. The average molecular weight is 301 g/mol. The third-order valence-corrected chi connectivity index (χ3v) is 4.03. The lowest BCUT2D eigenvalue weighted by Crippen LogP contribution is -2.03. The van der Waals surface area contributed by atoms with Crippen LogP contribution in [0.3, 0.4) is 0 Å². The number of anilines is 1. The molecule has 9 heteroatoms. The molecule has 0 fully saturated rings. The lowest BCUT2D eigenvalue weighted by molar-refractivity contribution is 0.481. The molecule has 0 atom stereocenters. The molecule has 0 saturated heterocycles. The molecule has 0 aliphatic heterocycles. The molecule has 0 amide bonds. The molecule has 0 saturated carbocycles. The average Bonchev–Trinajstić information content (AvgIpc) is 2.24. The summed E-state index contributed by atoms with van der Waals surface area (Å²) in [7, 11) is -9.02. The minimum absolute atomic E-state index is 0.119. The highest BCUT2D eigenvalue weighted by molar-refractivity contribution is 7.86. The third kappa shape index (κ3) is 2.68. The van der Waals surface area contributed by atoms with Crippen LogP contribution < -0.4 is 5.73 Å². The van der Waals surface area contributed by atoms with E-state index in [1.807, 2.05) is 0 Å². The summed E-state index contributed by atoms with van der Waals surface area (Å²) in [6.07, 6.45) is 0. The molecular weight excluding hydrogens is 294 g/mol. The number of fused-ring (bicyclic) bond motifs is 1. The van der Waals surface area contributed by atoms with Crippen molar-refractivity contribution >= 4 is 36.7 Å². The van der Waals surface area contributed by atoms with Crippen LogP contribution in [0.5, 0.6) is 0 Å². The molecule has 2 rings (SSSR count). The quantitative estimate of drug-likeness (QED) is 0.543. The second-order valence-electron chi connectivity index (χ2n) is 3.69. The predicted molar refractivity (Wildman–Crippen MR) is 65.7 cm³/mol. The van der Waals surface area contributed by atoms with Gasteiger partial charge in [-0.05, 0) is 29.0 Å². The molecule has 0 aromatic heterocycles. The van der Waals surface area contributed by atoms with Crippen LogP contribution in [0.2, 0.25) is 0 Å². The number of hydrogen-bond acceptors (Lipinski definition) is 5. The lowest BCUT2D eigenvalue weighted by atomic mass is 10.1. The molecule has 19 heavy (non-hydrogen) atoms. The number of nitrogen functional groups attached to an aromatic ring is 1. The van der Waals surface area contributed by atoms with E-state index in [4.69, 9.17) is 14.8 Å². The van der Waals surface area contributed by atoms with Gasteiger partial charge in [-0.2, -0.15) is 16.8 Å². The predicted octanol–water partition coefficient (Wildman–Crippen LogP) is 0.516. The Balaban J connectivity index is 2.83. The molecule has 0 heterocycles. The monoisotopic (exact) mass is 301 g/mol. The maximum atomic E-state index is 11.1. The van der Waals surface area contributed by atoms with Gasteiger partial charge in [0.15, 0.2) is 0 Å². The third-order valence-electron chi connectivity index (χ3n) is 2.34. The Hall–Kier alpha value is -1.68. The Bertz CT molecular complexity index is 870. The van der Waals surface area contributed by atoms with Crippen molar-refractivity contribution in [3.05, 3.63) is 30.3 Å². The number of hydrogen-bond donors (Lipinski definition) is 3. The molecule has 2 aromatic rings. The van der Waals surface area contributed by atoms with Gasteiger partial charge >= 0.3 is 0 Å². The van der Waals surface area contributed by atoms with Gasteiger partial charge in [0, 0.05) is 12.1 Å². The summed E-state index contributed by atoms with van der Waals surface area (Å²) in [5, 5.41) is 0.408. The fourth-order valence-electron chi connectivity index (χ4n) is 1.51. The molecule has 100 valence electrons. The SMILES string of the molecule is Nc1cc2[c][c]c(S(=O)(=O)O)cc2cc1S(=O)(=O)O. The Kier molecular flexibility index (Phi) is 3.01. The van der Waals surface area contributed by atoms with Crippen LogP contribution in [0.15, 0.2) is 28.0 Å². The normalized spacial score (nSPS) is 12.7. The van der Waals surface area contributed by atoms with E-state index in [0.717, 1.165) is 12.1 Å². The largest absolute Gasteiger partial charge is 0.398 e. The zero-order valence-corrected chi connectivity index (χ0v) is 10.8. The Morgan fingerprint density at radius 1 is 0.947 bits per heavy atom. The fraction of sp³-hybridized carbons (Fsp3) is 0. The summed E-state index contributed by atoms with van der Waals surface area (Å²) in [6, 6.07) is 7.81. The van der Waals surface area contributed by atoms with Crippen molar-refractivity contribution in [2.75, 3.05) is 5.73 Å². The van der Waals surface area contributed by atoms with Gasteiger partial charge in [-0.15, -0.1) is 0 Å². The summed E-state index contributed by atoms with van der Waals surface area (Å²) < 4.78 is 61.8. The van der Waals surface area contributed by atoms with Crippen molar-refractivity contribution < 1.29 is 25.9 Å². The topological polar surface area (TPSA) is 135 Å². The van der Waals surface area contributed by atoms with E-state index in [1.165, 1.54) is 6.07 Å². The molecule has 2 aromatic carbocycles. The summed E-state index contributed by atoms with van der Waals surface area (Å²) >= 11 is 0. The van der Waals surface area contributed by atoms with Crippen LogP contribution in [0, 0.1) is 12.1 Å². The van der Waals surface area contributed by atoms with Crippen LogP contribution in [-0.2, 0) is 20.2 Å². The van der Waals surface area contributed by atoms with Crippen LogP contribution in [0.4, 0.5) is 5.69 Å². The molecular formula is C10H7NO6S2. The highest BCUT2D eigenvalue weighted by atomic mass is 32.2. The highest BCUT2D eigenvalue weighted by Crippen LogP contribution is 2.26. The summed E-state index contributed by atoms with van der Waals surface area (Å²) in [4.78, 5) is -1.12. The van der Waals surface area contributed by atoms with E-state index < -0.39 is 30.0 Å². The zero-order valence-electron chi connectivity index (χ0n) is 9.15. The van der Waals surface area contributed by atoms with Crippen LogP contribution in [0.1, 0.15) is 0 Å². The van der Waals surface area contributed by atoms with Crippen LogP contribution in [-0.4, -0.2) is 25.9 Å². The van der Waals surface area contributed by atoms with Gasteiger partial charge in [0.25, 0.3) is 20.2 Å². The zero-order chi connectivity index (χ0) is 14.4. The summed E-state index contributed by atoms with van der Waals surface area (Å²) in [5.74, 6) is 0. The van der Waals surface area contributed by atoms with Gasteiger partial charge < -0.3 is 5.73 Å². The van der Waals surface area contributed by atoms with Gasteiger partial charge in [-0.1, -0.05) is 0 Å². The highest BCUT2D eigenvalue weighted by Gasteiger charge is 2.17. The number of rotatable bonds is 2. The van der Waals surface area contributed by atoms with E-state index in [9.17, 15) is 16.8 Å². The minimum Gasteiger partial charge on any atom is -0.398 e. The molecule has 0 aliphatic carbocycles. The first-order valence-electron chi connectivity index (χ1n) is 4.71. The minimum atomic E-state index is -4.53. The van der Waals surface area contributed by atoms with E-state index in [1.54, 1.807) is 0 Å². The van der Waals surface area contributed by atoms with Crippen molar-refractivity contribution in [3.63, 3.8) is 0 Å². The van der Waals surface area contributed by atoms with Gasteiger partial charge in [0.2, 0.25) is 0 Å². The Morgan fingerprint density at radius 2 is 1.58 bits per heavy atom. The standard InChI is InChI=1S/C10H7NO6S2/c11-9-4-6-1-2-8(18(12,13)14)3-7(6)5-10(9)19(15,16)17/h3-5H,11H2,(H,12,13,14)(H,15,16,17).